The molecule has 0 bridgehead atoms. The smallest absolute Gasteiger partial charge is 0.265 e. The van der Waals surface area contributed by atoms with Crippen molar-refractivity contribution in [2.24, 2.45) is 7.05 Å². The number of piperazine rings is 1. The number of fused-ring (bicyclic) bond motifs is 1. The fourth-order valence-corrected chi connectivity index (χ4v) is 5.10. The lowest BCUT2D eigenvalue weighted by Gasteiger charge is -2.36. The SMILES string of the molecule is Cc1nc(-c2cn(C)c3ncccc23)sc1C(=O)N1CCN(c2ccccc2)CC1. The topological polar surface area (TPSA) is 54.3 Å². The summed E-state index contributed by atoms with van der Waals surface area (Å²) in [7, 11) is 1.98. The number of amides is 1. The van der Waals surface area contributed by atoms with Gasteiger partial charge in [0.2, 0.25) is 0 Å². The molecule has 0 unspecified atom stereocenters. The molecule has 3 aromatic heterocycles. The normalized spacial score (nSPS) is 14.5. The Kier molecular flexibility index (Phi) is 4.75. The highest BCUT2D eigenvalue weighted by Crippen LogP contribution is 2.34. The molecule has 1 saturated heterocycles. The van der Waals surface area contributed by atoms with Crippen LogP contribution in [0.3, 0.4) is 0 Å². The second-order valence-corrected chi connectivity index (χ2v) is 8.58. The number of hydrogen-bond acceptors (Lipinski definition) is 5. The van der Waals surface area contributed by atoms with Crippen molar-refractivity contribution in [1.29, 1.82) is 0 Å². The lowest BCUT2D eigenvalue weighted by atomic mass is 10.2. The van der Waals surface area contributed by atoms with Crippen molar-refractivity contribution in [3.05, 3.63) is 65.4 Å². The number of carbonyl (C=O) groups excluding carboxylic acids is 1. The largest absolute Gasteiger partial charge is 0.368 e. The lowest BCUT2D eigenvalue weighted by molar-refractivity contribution is 0.0750. The molecule has 0 N–H and O–H groups in total. The Morgan fingerprint density at radius 2 is 1.80 bits per heavy atom. The Hall–Kier alpha value is -3.19. The number of thiazole rings is 1. The van der Waals surface area contributed by atoms with Gasteiger partial charge in [0, 0.05) is 62.3 Å². The molecular formula is C23H23N5OS. The Morgan fingerprint density at radius 1 is 1.03 bits per heavy atom. The van der Waals surface area contributed by atoms with Gasteiger partial charge >= 0.3 is 0 Å². The second kappa shape index (κ2) is 7.57. The zero-order chi connectivity index (χ0) is 20.7. The average molecular weight is 418 g/mol. The molecule has 0 atom stereocenters. The molecule has 4 aromatic rings. The molecule has 1 aliphatic heterocycles. The summed E-state index contributed by atoms with van der Waals surface area (Å²) in [5.41, 5.74) is 3.96. The van der Waals surface area contributed by atoms with E-state index in [1.54, 1.807) is 6.20 Å². The van der Waals surface area contributed by atoms with Crippen LogP contribution in [0.2, 0.25) is 0 Å². The fourth-order valence-electron chi connectivity index (χ4n) is 4.04. The first kappa shape index (κ1) is 18.8. The number of benzene rings is 1. The Balaban J connectivity index is 1.37. The maximum atomic E-state index is 13.2. The average Bonchev–Trinajstić information content (AvgIpc) is 3.34. The quantitative estimate of drug-likeness (QED) is 0.506. The van der Waals surface area contributed by atoms with Crippen LogP contribution < -0.4 is 4.90 Å². The van der Waals surface area contributed by atoms with Crippen LogP contribution in [-0.2, 0) is 7.05 Å². The Bertz CT molecular complexity index is 1210. The maximum Gasteiger partial charge on any atom is 0.265 e. The van der Waals surface area contributed by atoms with Gasteiger partial charge in [0.1, 0.15) is 15.5 Å². The van der Waals surface area contributed by atoms with E-state index in [2.05, 4.69) is 40.2 Å². The first-order valence-electron chi connectivity index (χ1n) is 10.1. The highest BCUT2D eigenvalue weighted by atomic mass is 32.1. The summed E-state index contributed by atoms with van der Waals surface area (Å²) >= 11 is 1.48. The van der Waals surface area contributed by atoms with E-state index >= 15 is 0 Å². The van der Waals surface area contributed by atoms with E-state index in [1.807, 2.05) is 41.8 Å². The van der Waals surface area contributed by atoms with E-state index in [-0.39, 0.29) is 5.91 Å². The molecule has 0 spiro atoms. The highest BCUT2D eigenvalue weighted by Gasteiger charge is 2.26. The monoisotopic (exact) mass is 417 g/mol. The number of carbonyl (C=O) groups is 1. The van der Waals surface area contributed by atoms with Gasteiger partial charge in [0.15, 0.2) is 0 Å². The van der Waals surface area contributed by atoms with E-state index in [1.165, 1.54) is 17.0 Å². The van der Waals surface area contributed by atoms with Gasteiger partial charge in [-0.2, -0.15) is 0 Å². The lowest BCUT2D eigenvalue weighted by Crippen LogP contribution is -2.48. The zero-order valence-electron chi connectivity index (χ0n) is 17.1. The molecule has 5 rings (SSSR count). The van der Waals surface area contributed by atoms with Crippen LogP contribution in [0.15, 0.2) is 54.9 Å². The van der Waals surface area contributed by atoms with Gasteiger partial charge in [-0.25, -0.2) is 9.97 Å². The molecule has 1 aromatic carbocycles. The van der Waals surface area contributed by atoms with Crippen LogP contribution >= 0.6 is 11.3 Å². The van der Waals surface area contributed by atoms with Gasteiger partial charge in [0.25, 0.3) is 5.91 Å². The fraction of sp³-hybridized carbons (Fsp3) is 0.261. The summed E-state index contributed by atoms with van der Waals surface area (Å²) < 4.78 is 2.01. The van der Waals surface area contributed by atoms with Crippen molar-refractivity contribution in [2.45, 2.75) is 6.92 Å². The van der Waals surface area contributed by atoms with E-state index in [0.717, 1.165) is 58.4 Å². The Labute approximate surface area is 179 Å². The summed E-state index contributed by atoms with van der Waals surface area (Å²) in [4.78, 5) is 27.5. The summed E-state index contributed by atoms with van der Waals surface area (Å²) in [5.74, 6) is 0.0855. The third-order valence-electron chi connectivity index (χ3n) is 5.64. The summed E-state index contributed by atoms with van der Waals surface area (Å²) in [5, 5.41) is 1.93. The number of nitrogens with zero attached hydrogens (tertiary/aromatic N) is 5. The molecule has 7 heteroatoms. The van der Waals surface area contributed by atoms with Gasteiger partial charge < -0.3 is 14.4 Å². The molecule has 1 aliphatic rings. The minimum absolute atomic E-state index is 0.0855. The third kappa shape index (κ3) is 3.25. The van der Waals surface area contributed by atoms with Crippen molar-refractivity contribution < 1.29 is 4.79 Å². The Morgan fingerprint density at radius 3 is 2.57 bits per heavy atom. The molecule has 4 heterocycles. The first-order valence-corrected chi connectivity index (χ1v) is 10.9. The number of aryl methyl sites for hydroxylation is 2. The summed E-state index contributed by atoms with van der Waals surface area (Å²) in [6, 6.07) is 14.4. The van der Waals surface area contributed by atoms with Crippen molar-refractivity contribution in [3.8, 4) is 10.6 Å². The minimum Gasteiger partial charge on any atom is -0.368 e. The molecule has 0 aliphatic carbocycles. The van der Waals surface area contributed by atoms with Crippen molar-refractivity contribution >= 4 is 34.0 Å². The van der Waals surface area contributed by atoms with Crippen LogP contribution in [0, 0.1) is 6.92 Å². The molecular weight excluding hydrogens is 394 g/mol. The van der Waals surface area contributed by atoms with Crippen molar-refractivity contribution in [1.82, 2.24) is 19.4 Å². The first-order chi connectivity index (χ1) is 14.6. The number of hydrogen-bond donors (Lipinski definition) is 0. The van der Waals surface area contributed by atoms with E-state index in [4.69, 9.17) is 4.98 Å². The molecule has 0 radical (unpaired) electrons. The standard InChI is InChI=1S/C23H23N5OS/c1-16-20(23(29)28-13-11-27(12-14-28)17-7-4-3-5-8-17)30-22(25-16)19-15-26(2)21-18(19)9-6-10-24-21/h3-10,15H,11-14H2,1-2H3. The number of anilines is 1. The maximum absolute atomic E-state index is 13.2. The molecule has 0 saturated carbocycles. The van der Waals surface area contributed by atoms with E-state index < -0.39 is 0 Å². The molecule has 30 heavy (non-hydrogen) atoms. The van der Waals surface area contributed by atoms with Gasteiger partial charge in [-0.05, 0) is 31.2 Å². The number of rotatable bonds is 3. The van der Waals surface area contributed by atoms with E-state index in [0.29, 0.717) is 0 Å². The van der Waals surface area contributed by atoms with Crippen molar-refractivity contribution in [3.63, 3.8) is 0 Å². The third-order valence-corrected chi connectivity index (χ3v) is 6.82. The predicted octanol–water partition coefficient (Wildman–Crippen LogP) is 3.97. The van der Waals surface area contributed by atoms with Crippen LogP contribution in [0.4, 0.5) is 5.69 Å². The number of aromatic nitrogens is 3. The van der Waals surface area contributed by atoms with Crippen LogP contribution in [-0.4, -0.2) is 51.5 Å². The molecule has 152 valence electrons. The van der Waals surface area contributed by atoms with Crippen LogP contribution in [0.1, 0.15) is 15.4 Å². The highest BCUT2D eigenvalue weighted by molar-refractivity contribution is 7.17. The second-order valence-electron chi connectivity index (χ2n) is 7.58. The number of para-hydroxylation sites is 1. The van der Waals surface area contributed by atoms with Gasteiger partial charge in [-0.1, -0.05) is 18.2 Å². The number of pyridine rings is 1. The zero-order valence-corrected chi connectivity index (χ0v) is 17.9. The van der Waals surface area contributed by atoms with Crippen LogP contribution in [0.5, 0.6) is 0 Å². The van der Waals surface area contributed by atoms with Gasteiger partial charge in [0.05, 0.1) is 5.69 Å². The van der Waals surface area contributed by atoms with Crippen LogP contribution in [0.25, 0.3) is 21.6 Å². The summed E-state index contributed by atoms with van der Waals surface area (Å²) in [6.45, 7) is 5.05. The van der Waals surface area contributed by atoms with Gasteiger partial charge in [-0.3, -0.25) is 4.79 Å². The molecule has 6 nitrogen and oxygen atoms in total. The van der Waals surface area contributed by atoms with Gasteiger partial charge in [-0.15, -0.1) is 11.3 Å². The molecule has 1 amide bonds. The predicted molar refractivity (Wildman–Crippen MR) is 121 cm³/mol. The minimum atomic E-state index is 0.0855. The molecule has 1 fully saturated rings. The van der Waals surface area contributed by atoms with Crippen molar-refractivity contribution in [2.75, 3.05) is 31.1 Å². The summed E-state index contributed by atoms with van der Waals surface area (Å²) in [6.07, 6.45) is 3.84. The van der Waals surface area contributed by atoms with E-state index in [9.17, 15) is 4.79 Å².